The minimum absolute atomic E-state index is 0.364. The van der Waals surface area contributed by atoms with Crippen LogP contribution in [0.1, 0.15) is 5.56 Å². The number of anilines is 2. The third-order valence-corrected chi connectivity index (χ3v) is 5.08. The van der Waals surface area contributed by atoms with Gasteiger partial charge in [-0.25, -0.2) is 8.42 Å². The molecule has 0 bridgehead atoms. The van der Waals surface area contributed by atoms with Crippen molar-refractivity contribution >= 4 is 38.9 Å². The van der Waals surface area contributed by atoms with E-state index in [2.05, 4.69) is 5.32 Å². The highest BCUT2D eigenvalue weighted by Gasteiger charge is 2.23. The SMILES string of the molecule is COc1cccc(NC(=O)CN(c2cccc(Cl)c2C)S(C)(=O)=O)c1. The number of amides is 1. The number of rotatable bonds is 6. The Morgan fingerprint density at radius 1 is 1.24 bits per heavy atom. The highest BCUT2D eigenvalue weighted by Crippen LogP contribution is 2.28. The van der Waals surface area contributed by atoms with Crippen molar-refractivity contribution in [3.8, 4) is 5.75 Å². The fourth-order valence-electron chi connectivity index (χ4n) is 2.28. The summed E-state index contributed by atoms with van der Waals surface area (Å²) in [5.74, 6) is 0.113. The molecule has 2 rings (SSSR count). The molecule has 0 fully saturated rings. The number of halogens is 1. The molecule has 0 unspecified atom stereocenters. The van der Waals surface area contributed by atoms with Gasteiger partial charge in [0.05, 0.1) is 19.1 Å². The highest BCUT2D eigenvalue weighted by molar-refractivity contribution is 7.92. The standard InChI is InChI=1S/C17H19ClN2O4S/c1-12-15(18)8-5-9-16(12)20(25(3,22)23)11-17(21)19-13-6-4-7-14(10-13)24-2/h4-10H,11H2,1-3H3,(H,19,21). The van der Waals surface area contributed by atoms with Gasteiger partial charge < -0.3 is 10.1 Å². The summed E-state index contributed by atoms with van der Waals surface area (Å²) in [7, 11) is -2.15. The average Bonchev–Trinajstić information content (AvgIpc) is 2.55. The van der Waals surface area contributed by atoms with Crippen LogP contribution in [0.3, 0.4) is 0 Å². The topological polar surface area (TPSA) is 75.7 Å². The van der Waals surface area contributed by atoms with Gasteiger partial charge in [0.15, 0.2) is 0 Å². The lowest BCUT2D eigenvalue weighted by Crippen LogP contribution is -2.37. The predicted octanol–water partition coefficient (Wildman–Crippen LogP) is 3.06. The lowest BCUT2D eigenvalue weighted by Gasteiger charge is -2.24. The molecule has 0 heterocycles. The Bertz CT molecular complexity index is 884. The van der Waals surface area contributed by atoms with E-state index in [0.29, 0.717) is 27.7 Å². The van der Waals surface area contributed by atoms with Crippen LogP contribution in [0.25, 0.3) is 0 Å². The smallest absolute Gasteiger partial charge is 0.245 e. The van der Waals surface area contributed by atoms with E-state index in [0.717, 1.165) is 10.6 Å². The van der Waals surface area contributed by atoms with Gasteiger partial charge in [-0.05, 0) is 36.8 Å². The van der Waals surface area contributed by atoms with Crippen molar-refractivity contribution in [3.63, 3.8) is 0 Å². The first-order chi connectivity index (χ1) is 11.7. The zero-order valence-corrected chi connectivity index (χ0v) is 15.7. The molecule has 1 N–H and O–H groups in total. The molecule has 0 atom stereocenters. The first-order valence-corrected chi connectivity index (χ1v) is 9.61. The summed E-state index contributed by atoms with van der Waals surface area (Å²) < 4.78 is 30.5. The van der Waals surface area contributed by atoms with Crippen LogP contribution in [0.4, 0.5) is 11.4 Å². The number of hydrogen-bond acceptors (Lipinski definition) is 4. The number of nitrogens with zero attached hydrogens (tertiary/aromatic N) is 1. The second-order valence-electron chi connectivity index (χ2n) is 5.43. The van der Waals surface area contributed by atoms with Crippen molar-refractivity contribution in [2.75, 3.05) is 29.5 Å². The average molecular weight is 383 g/mol. The molecular formula is C17H19ClN2O4S. The fraction of sp³-hybridized carbons (Fsp3) is 0.235. The molecule has 0 spiro atoms. The van der Waals surface area contributed by atoms with Gasteiger partial charge in [-0.1, -0.05) is 23.7 Å². The number of methoxy groups -OCH3 is 1. The summed E-state index contributed by atoms with van der Waals surface area (Å²) >= 11 is 6.07. The second kappa shape index (κ2) is 7.76. The number of sulfonamides is 1. The van der Waals surface area contributed by atoms with Gasteiger partial charge in [0.1, 0.15) is 12.3 Å². The van der Waals surface area contributed by atoms with E-state index in [1.165, 1.54) is 7.11 Å². The Morgan fingerprint density at radius 2 is 1.92 bits per heavy atom. The molecule has 134 valence electrons. The Kier molecular flexibility index (Phi) is 5.92. The Labute approximate surface area is 152 Å². The highest BCUT2D eigenvalue weighted by atomic mass is 35.5. The van der Waals surface area contributed by atoms with E-state index >= 15 is 0 Å². The van der Waals surface area contributed by atoms with Gasteiger partial charge in [-0.15, -0.1) is 0 Å². The van der Waals surface area contributed by atoms with Crippen LogP contribution >= 0.6 is 11.6 Å². The van der Waals surface area contributed by atoms with E-state index in [4.69, 9.17) is 16.3 Å². The number of carbonyl (C=O) groups is 1. The summed E-state index contributed by atoms with van der Waals surface area (Å²) in [6, 6.07) is 11.7. The van der Waals surface area contributed by atoms with E-state index in [-0.39, 0.29) is 6.54 Å². The third kappa shape index (κ3) is 4.87. The van der Waals surface area contributed by atoms with Gasteiger partial charge in [0.2, 0.25) is 15.9 Å². The normalized spacial score (nSPS) is 11.0. The van der Waals surface area contributed by atoms with E-state index < -0.39 is 15.9 Å². The van der Waals surface area contributed by atoms with Crippen LogP contribution in [0.2, 0.25) is 5.02 Å². The second-order valence-corrected chi connectivity index (χ2v) is 7.75. The van der Waals surface area contributed by atoms with Crippen LogP contribution in [-0.4, -0.2) is 34.2 Å². The molecule has 2 aromatic rings. The number of ether oxygens (including phenoxy) is 1. The molecule has 0 saturated heterocycles. The molecule has 1 amide bonds. The first kappa shape index (κ1) is 19.1. The summed E-state index contributed by atoms with van der Waals surface area (Å²) in [6.07, 6.45) is 1.05. The Hall–Kier alpha value is -2.25. The van der Waals surface area contributed by atoms with Crippen LogP contribution in [0.15, 0.2) is 42.5 Å². The Balaban J connectivity index is 2.25. The molecular weight excluding hydrogens is 364 g/mol. The van der Waals surface area contributed by atoms with Crippen molar-refractivity contribution < 1.29 is 17.9 Å². The summed E-state index contributed by atoms with van der Waals surface area (Å²) in [5.41, 5.74) is 1.47. The molecule has 2 aromatic carbocycles. The number of hydrogen-bond donors (Lipinski definition) is 1. The van der Waals surface area contributed by atoms with Crippen LogP contribution in [0.5, 0.6) is 5.75 Å². The number of carbonyl (C=O) groups excluding carboxylic acids is 1. The first-order valence-electron chi connectivity index (χ1n) is 7.39. The molecule has 25 heavy (non-hydrogen) atoms. The monoisotopic (exact) mass is 382 g/mol. The summed E-state index contributed by atoms with van der Waals surface area (Å²) in [6.45, 7) is 1.34. The summed E-state index contributed by atoms with van der Waals surface area (Å²) in [5, 5.41) is 3.09. The minimum Gasteiger partial charge on any atom is -0.497 e. The molecule has 6 nitrogen and oxygen atoms in total. The molecule has 0 radical (unpaired) electrons. The number of benzene rings is 2. The lowest BCUT2D eigenvalue weighted by molar-refractivity contribution is -0.114. The number of nitrogens with one attached hydrogen (secondary N) is 1. The maximum atomic E-state index is 12.3. The molecule has 8 heteroatoms. The van der Waals surface area contributed by atoms with E-state index in [1.807, 2.05) is 0 Å². The lowest BCUT2D eigenvalue weighted by atomic mass is 10.2. The zero-order valence-electron chi connectivity index (χ0n) is 14.1. The van der Waals surface area contributed by atoms with Crippen molar-refractivity contribution in [1.82, 2.24) is 0 Å². The predicted molar refractivity (Wildman–Crippen MR) is 100 cm³/mol. The van der Waals surface area contributed by atoms with Crippen molar-refractivity contribution in [2.45, 2.75) is 6.92 Å². The molecule has 0 aliphatic carbocycles. The minimum atomic E-state index is -3.67. The van der Waals surface area contributed by atoms with Crippen LogP contribution < -0.4 is 14.4 Å². The molecule has 0 saturated carbocycles. The van der Waals surface area contributed by atoms with Crippen LogP contribution in [-0.2, 0) is 14.8 Å². The van der Waals surface area contributed by atoms with E-state index in [1.54, 1.807) is 49.4 Å². The maximum absolute atomic E-state index is 12.3. The molecule has 0 aromatic heterocycles. The zero-order chi connectivity index (χ0) is 18.6. The molecule has 0 aliphatic rings. The van der Waals surface area contributed by atoms with E-state index in [9.17, 15) is 13.2 Å². The van der Waals surface area contributed by atoms with Gasteiger partial charge in [0, 0.05) is 16.8 Å². The molecule has 0 aliphatic heterocycles. The fourth-order valence-corrected chi connectivity index (χ4v) is 3.36. The van der Waals surface area contributed by atoms with Gasteiger partial charge in [-0.2, -0.15) is 0 Å². The largest absolute Gasteiger partial charge is 0.497 e. The van der Waals surface area contributed by atoms with Gasteiger partial charge in [-0.3, -0.25) is 9.10 Å². The third-order valence-electron chi connectivity index (χ3n) is 3.55. The Morgan fingerprint density at radius 3 is 2.56 bits per heavy atom. The van der Waals surface area contributed by atoms with Crippen molar-refractivity contribution in [1.29, 1.82) is 0 Å². The van der Waals surface area contributed by atoms with Crippen molar-refractivity contribution in [3.05, 3.63) is 53.1 Å². The summed E-state index contributed by atoms with van der Waals surface area (Å²) in [4.78, 5) is 12.3. The van der Waals surface area contributed by atoms with Crippen LogP contribution in [0, 0.1) is 6.92 Å². The maximum Gasteiger partial charge on any atom is 0.245 e. The van der Waals surface area contributed by atoms with Crippen molar-refractivity contribution in [2.24, 2.45) is 0 Å². The van der Waals surface area contributed by atoms with Gasteiger partial charge >= 0.3 is 0 Å². The quantitative estimate of drug-likeness (QED) is 0.833. The van der Waals surface area contributed by atoms with Gasteiger partial charge in [0.25, 0.3) is 0 Å².